The number of nitrogens with one attached hydrogen (secondary N) is 2. The molecule has 0 atom stereocenters. The van der Waals surface area contributed by atoms with Gasteiger partial charge in [0.05, 0.1) is 0 Å². The van der Waals surface area contributed by atoms with E-state index >= 15 is 0 Å². The van der Waals surface area contributed by atoms with Crippen molar-refractivity contribution in [1.82, 2.24) is 5.32 Å². The first-order valence-electron chi connectivity index (χ1n) is 8.61. The number of benzene rings is 2. The van der Waals surface area contributed by atoms with E-state index in [2.05, 4.69) is 5.32 Å². The maximum Gasteiger partial charge on any atom is 0.331 e. The normalized spacial score (nSPS) is 12.3. The highest BCUT2D eigenvalue weighted by atomic mass is 19.1. The van der Waals surface area contributed by atoms with Crippen LogP contribution in [0.1, 0.15) is 5.56 Å². The number of hydrogen-bond acceptors (Lipinski definition) is 6. The van der Waals surface area contributed by atoms with Crippen molar-refractivity contribution < 1.29 is 33.0 Å². The summed E-state index contributed by atoms with van der Waals surface area (Å²) in [7, 11) is 0. The van der Waals surface area contributed by atoms with Crippen molar-refractivity contribution in [3.8, 4) is 11.5 Å². The third-order valence-corrected chi connectivity index (χ3v) is 3.70. The number of imide groups is 1. The van der Waals surface area contributed by atoms with Gasteiger partial charge in [-0.2, -0.15) is 0 Å². The Morgan fingerprint density at radius 2 is 1.83 bits per heavy atom. The largest absolute Gasteiger partial charge is 0.486 e. The van der Waals surface area contributed by atoms with E-state index in [1.54, 1.807) is 24.3 Å². The van der Waals surface area contributed by atoms with E-state index in [-0.39, 0.29) is 5.56 Å². The third kappa shape index (κ3) is 5.80. The molecule has 2 aromatic rings. The predicted molar refractivity (Wildman–Crippen MR) is 101 cm³/mol. The molecule has 0 aliphatic carbocycles. The average molecular weight is 400 g/mol. The van der Waals surface area contributed by atoms with Crippen molar-refractivity contribution in [2.24, 2.45) is 0 Å². The van der Waals surface area contributed by atoms with Gasteiger partial charge in [-0.15, -0.1) is 0 Å². The van der Waals surface area contributed by atoms with E-state index in [4.69, 9.17) is 14.2 Å². The van der Waals surface area contributed by atoms with Crippen LogP contribution in [0.25, 0.3) is 6.08 Å². The van der Waals surface area contributed by atoms with Crippen LogP contribution in [0.4, 0.5) is 14.9 Å². The van der Waals surface area contributed by atoms with E-state index in [0.717, 1.165) is 6.08 Å². The summed E-state index contributed by atoms with van der Waals surface area (Å²) in [6, 6.07) is 9.84. The molecule has 2 N–H and O–H groups in total. The first kappa shape index (κ1) is 19.9. The Bertz CT molecular complexity index is 960. The number of urea groups is 1. The summed E-state index contributed by atoms with van der Waals surface area (Å²) in [5.41, 5.74) is 0.595. The molecule has 1 aliphatic rings. The summed E-state index contributed by atoms with van der Waals surface area (Å²) in [5, 5.41) is 4.49. The van der Waals surface area contributed by atoms with E-state index in [9.17, 15) is 18.8 Å². The van der Waals surface area contributed by atoms with Gasteiger partial charge in [0.2, 0.25) is 0 Å². The molecular formula is C20H17FN2O6. The number of fused-ring (bicyclic) bond motifs is 1. The lowest BCUT2D eigenvalue weighted by atomic mass is 10.2. The average Bonchev–Trinajstić information content (AvgIpc) is 2.71. The SMILES string of the molecule is O=C(COC(=O)/C=C/c1ccccc1F)NC(=O)Nc1ccc2c(c1)OCCO2. The van der Waals surface area contributed by atoms with Crippen molar-refractivity contribution in [2.75, 3.05) is 25.1 Å². The molecule has 1 aliphatic heterocycles. The zero-order valence-electron chi connectivity index (χ0n) is 15.1. The maximum absolute atomic E-state index is 13.4. The Balaban J connectivity index is 1.43. The summed E-state index contributed by atoms with van der Waals surface area (Å²) in [6.07, 6.45) is 2.21. The minimum Gasteiger partial charge on any atom is -0.486 e. The number of esters is 1. The van der Waals surface area contributed by atoms with Gasteiger partial charge in [0.15, 0.2) is 18.1 Å². The zero-order chi connectivity index (χ0) is 20.6. The second-order valence-corrected chi connectivity index (χ2v) is 5.82. The lowest BCUT2D eigenvalue weighted by Crippen LogP contribution is -2.37. The number of amides is 3. The lowest BCUT2D eigenvalue weighted by molar-refractivity contribution is -0.143. The van der Waals surface area contributed by atoms with Crippen molar-refractivity contribution in [3.05, 3.63) is 59.9 Å². The summed E-state index contributed by atoms with van der Waals surface area (Å²) in [6.45, 7) is 0.176. The summed E-state index contributed by atoms with van der Waals surface area (Å²) in [4.78, 5) is 35.2. The van der Waals surface area contributed by atoms with Gasteiger partial charge in [-0.3, -0.25) is 10.1 Å². The Kier molecular flexibility index (Phi) is 6.41. The molecule has 0 saturated carbocycles. The van der Waals surface area contributed by atoms with Gasteiger partial charge < -0.3 is 19.5 Å². The molecule has 3 rings (SSSR count). The second kappa shape index (κ2) is 9.36. The van der Waals surface area contributed by atoms with E-state index in [1.807, 2.05) is 5.32 Å². The fraction of sp³-hybridized carbons (Fsp3) is 0.150. The van der Waals surface area contributed by atoms with Gasteiger partial charge in [-0.1, -0.05) is 18.2 Å². The molecule has 0 radical (unpaired) electrons. The molecule has 0 aromatic heterocycles. The molecule has 0 saturated heterocycles. The molecule has 150 valence electrons. The quantitative estimate of drug-likeness (QED) is 0.591. The summed E-state index contributed by atoms with van der Waals surface area (Å²) < 4.78 is 28.9. The predicted octanol–water partition coefficient (Wildman–Crippen LogP) is 2.50. The molecule has 2 aromatic carbocycles. The van der Waals surface area contributed by atoms with E-state index < -0.39 is 30.3 Å². The van der Waals surface area contributed by atoms with Gasteiger partial charge in [0.1, 0.15) is 19.0 Å². The molecular weight excluding hydrogens is 383 g/mol. The Hall–Kier alpha value is -3.88. The van der Waals surface area contributed by atoms with Crippen molar-refractivity contribution >= 4 is 29.7 Å². The number of ether oxygens (including phenoxy) is 3. The smallest absolute Gasteiger partial charge is 0.331 e. The van der Waals surface area contributed by atoms with E-state index in [0.29, 0.717) is 30.4 Å². The zero-order valence-corrected chi connectivity index (χ0v) is 15.1. The van der Waals surface area contributed by atoms with Gasteiger partial charge >= 0.3 is 12.0 Å². The van der Waals surface area contributed by atoms with Gasteiger partial charge in [-0.25, -0.2) is 14.0 Å². The summed E-state index contributed by atoms with van der Waals surface area (Å²) >= 11 is 0. The van der Waals surface area contributed by atoms with Crippen molar-refractivity contribution in [2.45, 2.75) is 0 Å². The van der Waals surface area contributed by atoms with Gasteiger partial charge in [0, 0.05) is 23.4 Å². The Morgan fingerprint density at radius 3 is 2.62 bits per heavy atom. The Labute approximate surface area is 165 Å². The van der Waals surface area contributed by atoms with Crippen LogP contribution < -0.4 is 20.1 Å². The molecule has 0 unspecified atom stereocenters. The van der Waals surface area contributed by atoms with Gasteiger partial charge in [-0.05, 0) is 24.3 Å². The monoisotopic (exact) mass is 400 g/mol. The van der Waals surface area contributed by atoms with Crippen LogP contribution in [0, 0.1) is 5.82 Å². The number of hydrogen-bond donors (Lipinski definition) is 2. The lowest BCUT2D eigenvalue weighted by Gasteiger charge is -2.19. The standard InChI is InChI=1S/C20H17FN2O6/c21-15-4-2-1-3-13(15)5-8-19(25)29-12-18(24)23-20(26)22-14-6-7-16-17(11-14)28-10-9-27-16/h1-8,11H,9-10,12H2,(H2,22,23,24,26)/b8-5+. The maximum atomic E-state index is 13.4. The molecule has 0 fully saturated rings. The number of carbonyl (C=O) groups is 3. The molecule has 8 nitrogen and oxygen atoms in total. The van der Waals surface area contributed by atoms with Crippen molar-refractivity contribution in [3.63, 3.8) is 0 Å². The number of halogens is 1. The number of rotatable bonds is 5. The van der Waals surface area contributed by atoms with E-state index in [1.165, 1.54) is 24.3 Å². The molecule has 0 spiro atoms. The molecule has 1 heterocycles. The van der Waals surface area contributed by atoms with Crippen molar-refractivity contribution in [1.29, 1.82) is 0 Å². The topological polar surface area (TPSA) is 103 Å². The molecule has 0 bridgehead atoms. The molecule has 29 heavy (non-hydrogen) atoms. The highest BCUT2D eigenvalue weighted by molar-refractivity contribution is 6.02. The van der Waals surface area contributed by atoms with Crippen LogP contribution >= 0.6 is 0 Å². The second-order valence-electron chi connectivity index (χ2n) is 5.82. The van der Waals surface area contributed by atoms with Crippen LogP contribution in [-0.2, 0) is 14.3 Å². The number of anilines is 1. The van der Waals surface area contributed by atoms with Crippen LogP contribution in [0.5, 0.6) is 11.5 Å². The fourth-order valence-corrected chi connectivity index (χ4v) is 2.40. The molecule has 9 heteroatoms. The van der Waals surface area contributed by atoms with Gasteiger partial charge in [0.25, 0.3) is 5.91 Å². The van der Waals surface area contributed by atoms with Crippen LogP contribution in [0.2, 0.25) is 0 Å². The molecule has 3 amide bonds. The minimum absolute atomic E-state index is 0.202. The van der Waals surface area contributed by atoms with Crippen LogP contribution in [-0.4, -0.2) is 37.7 Å². The highest BCUT2D eigenvalue weighted by Crippen LogP contribution is 2.32. The summed E-state index contributed by atoms with van der Waals surface area (Å²) in [5.74, 6) is -1.13. The first-order valence-corrected chi connectivity index (χ1v) is 8.61. The van der Waals surface area contributed by atoms with Crippen LogP contribution in [0.3, 0.4) is 0 Å². The third-order valence-electron chi connectivity index (χ3n) is 3.70. The van der Waals surface area contributed by atoms with Crippen LogP contribution in [0.15, 0.2) is 48.5 Å². The number of carbonyl (C=O) groups excluding carboxylic acids is 3. The fourth-order valence-electron chi connectivity index (χ4n) is 2.40. The minimum atomic E-state index is -0.851. The first-order chi connectivity index (χ1) is 14.0. The Morgan fingerprint density at radius 1 is 1.07 bits per heavy atom. The highest BCUT2D eigenvalue weighted by Gasteiger charge is 2.14.